The molecule has 1 aromatic carbocycles. The fourth-order valence-electron chi connectivity index (χ4n) is 1.76. The molecule has 0 bridgehead atoms. The van der Waals surface area contributed by atoms with Gasteiger partial charge in [-0.3, -0.25) is 0 Å². The molecule has 2 rings (SSSR count). The molecule has 0 amide bonds. The molecule has 1 aliphatic heterocycles. The highest BCUT2D eigenvalue weighted by Gasteiger charge is 2.25. The van der Waals surface area contributed by atoms with E-state index >= 15 is 0 Å². The van der Waals surface area contributed by atoms with Crippen molar-refractivity contribution in [1.82, 2.24) is 0 Å². The van der Waals surface area contributed by atoms with Crippen LogP contribution in [-0.4, -0.2) is 17.3 Å². The van der Waals surface area contributed by atoms with Crippen LogP contribution in [0.15, 0.2) is 6.07 Å². The summed E-state index contributed by atoms with van der Waals surface area (Å²) in [7, 11) is 2.05. The minimum Gasteiger partial charge on any atom is -0.504 e. The van der Waals surface area contributed by atoms with Gasteiger partial charge in [-0.1, -0.05) is 25.4 Å². The van der Waals surface area contributed by atoms with E-state index in [1.807, 2.05) is 20.9 Å². The third-order valence-electron chi connectivity index (χ3n) is 2.38. The molecule has 4 heteroatoms. The second kappa shape index (κ2) is 4.73. The van der Waals surface area contributed by atoms with Gasteiger partial charge in [-0.25, -0.2) is 0 Å². The van der Waals surface area contributed by atoms with Crippen LogP contribution in [0.1, 0.15) is 25.0 Å². The van der Waals surface area contributed by atoms with Crippen LogP contribution in [0.3, 0.4) is 0 Å². The van der Waals surface area contributed by atoms with Crippen LogP contribution in [-0.2, 0) is 13.1 Å². The number of phenolic OH excluding ortho intramolecular Hbond substituents is 2. The molecular formula is C11H17ClNO2+. The maximum Gasteiger partial charge on any atom is 0.177 e. The summed E-state index contributed by atoms with van der Waals surface area (Å²) in [6.07, 6.45) is 0. The molecule has 0 aliphatic carbocycles. The van der Waals surface area contributed by atoms with E-state index in [4.69, 9.17) is 11.6 Å². The Morgan fingerprint density at radius 3 is 2.47 bits per heavy atom. The first-order valence-corrected chi connectivity index (χ1v) is 5.51. The summed E-state index contributed by atoms with van der Waals surface area (Å²) in [5, 5.41) is 19.0. The molecular weight excluding hydrogens is 214 g/mol. The first-order valence-electron chi connectivity index (χ1n) is 5.13. The van der Waals surface area contributed by atoms with Crippen LogP contribution in [0, 0.1) is 0 Å². The Morgan fingerprint density at radius 2 is 1.87 bits per heavy atom. The van der Waals surface area contributed by atoms with Crippen LogP contribution in [0.4, 0.5) is 0 Å². The maximum atomic E-state index is 9.37. The highest BCUT2D eigenvalue weighted by atomic mass is 35.5. The summed E-state index contributed by atoms with van der Waals surface area (Å²) in [5.74, 6) is -0.325. The number of benzene rings is 1. The van der Waals surface area contributed by atoms with E-state index in [1.54, 1.807) is 6.07 Å². The molecule has 1 unspecified atom stereocenters. The highest BCUT2D eigenvalue weighted by molar-refractivity contribution is 6.33. The zero-order chi connectivity index (χ0) is 11.6. The first kappa shape index (κ1) is 12.1. The lowest BCUT2D eigenvalue weighted by atomic mass is 10.1. The number of halogens is 1. The van der Waals surface area contributed by atoms with Gasteiger partial charge in [0.05, 0.1) is 12.1 Å². The van der Waals surface area contributed by atoms with Gasteiger partial charge in [-0.05, 0) is 6.07 Å². The van der Waals surface area contributed by atoms with E-state index in [-0.39, 0.29) is 11.5 Å². The standard InChI is InChI=1S/C9H10ClNO2.C2H6/c1-11-3-5-2-7(12)9(13)8(10)6(5)4-11;1-2/h2,12-13H,3-4H2,1H3;1-2H3/p+1. The Morgan fingerprint density at radius 1 is 1.27 bits per heavy atom. The van der Waals surface area contributed by atoms with Crippen molar-refractivity contribution in [3.63, 3.8) is 0 Å². The third kappa shape index (κ3) is 2.19. The minimum absolute atomic E-state index is 0.126. The van der Waals surface area contributed by atoms with Gasteiger partial charge in [0.15, 0.2) is 11.5 Å². The van der Waals surface area contributed by atoms with Crippen molar-refractivity contribution in [3.8, 4) is 11.5 Å². The van der Waals surface area contributed by atoms with Crippen LogP contribution >= 0.6 is 11.6 Å². The molecule has 0 saturated heterocycles. The van der Waals surface area contributed by atoms with Gasteiger partial charge >= 0.3 is 0 Å². The Balaban J connectivity index is 0.000000531. The number of aromatic hydroxyl groups is 2. The highest BCUT2D eigenvalue weighted by Crippen LogP contribution is 2.38. The lowest BCUT2D eigenvalue weighted by Gasteiger charge is -2.03. The molecule has 1 aromatic rings. The number of phenols is 2. The molecule has 15 heavy (non-hydrogen) atoms. The molecule has 0 saturated carbocycles. The molecule has 0 aromatic heterocycles. The second-order valence-corrected chi connectivity index (χ2v) is 3.88. The summed E-state index contributed by atoms with van der Waals surface area (Å²) < 4.78 is 0. The zero-order valence-electron chi connectivity index (χ0n) is 9.26. The minimum atomic E-state index is -0.199. The van der Waals surface area contributed by atoms with E-state index in [9.17, 15) is 10.2 Å². The van der Waals surface area contributed by atoms with Crippen molar-refractivity contribution in [2.75, 3.05) is 7.05 Å². The Hall–Kier alpha value is -0.930. The Kier molecular flexibility index (Phi) is 3.83. The fourth-order valence-corrected chi connectivity index (χ4v) is 2.04. The number of quaternary nitrogens is 1. The van der Waals surface area contributed by atoms with Gasteiger partial charge in [0, 0.05) is 11.1 Å². The number of hydrogen-bond acceptors (Lipinski definition) is 2. The molecule has 84 valence electrons. The second-order valence-electron chi connectivity index (χ2n) is 3.51. The van der Waals surface area contributed by atoms with Crippen molar-refractivity contribution in [3.05, 3.63) is 22.2 Å². The van der Waals surface area contributed by atoms with E-state index in [2.05, 4.69) is 0 Å². The van der Waals surface area contributed by atoms with E-state index in [0.29, 0.717) is 5.02 Å². The van der Waals surface area contributed by atoms with Crippen LogP contribution in [0.25, 0.3) is 0 Å². The molecule has 0 spiro atoms. The van der Waals surface area contributed by atoms with Gasteiger partial charge in [0.25, 0.3) is 0 Å². The molecule has 3 N–H and O–H groups in total. The number of hydrogen-bond donors (Lipinski definition) is 3. The number of fused-ring (bicyclic) bond motifs is 1. The van der Waals surface area contributed by atoms with Crippen LogP contribution in [0.5, 0.6) is 11.5 Å². The Bertz CT molecular complexity index is 366. The quantitative estimate of drug-likeness (QED) is 0.589. The first-order chi connectivity index (χ1) is 7.09. The summed E-state index contributed by atoms with van der Waals surface area (Å²) in [5.41, 5.74) is 1.98. The molecule has 0 fully saturated rings. The topological polar surface area (TPSA) is 44.9 Å². The average Bonchev–Trinajstić information content (AvgIpc) is 2.59. The van der Waals surface area contributed by atoms with E-state index in [1.165, 1.54) is 4.90 Å². The van der Waals surface area contributed by atoms with Crippen molar-refractivity contribution in [1.29, 1.82) is 0 Å². The molecule has 1 heterocycles. The normalized spacial score (nSPS) is 18.0. The summed E-state index contributed by atoms with van der Waals surface area (Å²) in [6, 6.07) is 1.59. The molecule has 3 nitrogen and oxygen atoms in total. The van der Waals surface area contributed by atoms with Crippen LogP contribution < -0.4 is 4.90 Å². The predicted molar refractivity (Wildman–Crippen MR) is 60.4 cm³/mol. The number of nitrogens with one attached hydrogen (secondary N) is 1. The SMILES string of the molecule is CC.C[NH+]1Cc2cc(O)c(O)c(Cl)c2C1. The largest absolute Gasteiger partial charge is 0.504 e. The molecule has 0 radical (unpaired) electrons. The van der Waals surface area contributed by atoms with Crippen molar-refractivity contribution >= 4 is 11.6 Å². The van der Waals surface area contributed by atoms with Gasteiger partial charge in [0.2, 0.25) is 0 Å². The zero-order valence-corrected chi connectivity index (χ0v) is 10.0. The number of rotatable bonds is 0. The van der Waals surface area contributed by atoms with E-state index in [0.717, 1.165) is 24.2 Å². The molecule has 1 aliphatic rings. The van der Waals surface area contributed by atoms with Gasteiger partial charge in [-0.15, -0.1) is 0 Å². The molecule has 1 atom stereocenters. The van der Waals surface area contributed by atoms with Crippen LogP contribution in [0.2, 0.25) is 5.02 Å². The fraction of sp³-hybridized carbons (Fsp3) is 0.455. The van der Waals surface area contributed by atoms with Gasteiger partial charge < -0.3 is 15.1 Å². The van der Waals surface area contributed by atoms with Gasteiger partial charge in [-0.2, -0.15) is 0 Å². The Labute approximate surface area is 94.9 Å². The van der Waals surface area contributed by atoms with Gasteiger partial charge in [0.1, 0.15) is 13.1 Å². The van der Waals surface area contributed by atoms with Crippen molar-refractivity contribution < 1.29 is 15.1 Å². The summed E-state index contributed by atoms with van der Waals surface area (Å²) in [4.78, 5) is 1.31. The average molecular weight is 231 g/mol. The lowest BCUT2D eigenvalue weighted by Crippen LogP contribution is -3.04. The van der Waals surface area contributed by atoms with E-state index < -0.39 is 0 Å². The monoisotopic (exact) mass is 230 g/mol. The van der Waals surface area contributed by atoms with Crippen molar-refractivity contribution in [2.24, 2.45) is 0 Å². The predicted octanol–water partition coefficient (Wildman–Crippen LogP) is 1.31. The smallest absolute Gasteiger partial charge is 0.177 e. The maximum absolute atomic E-state index is 9.37. The summed E-state index contributed by atoms with van der Waals surface area (Å²) >= 11 is 5.89. The lowest BCUT2D eigenvalue weighted by molar-refractivity contribution is -0.900. The van der Waals surface area contributed by atoms with Crippen molar-refractivity contribution in [2.45, 2.75) is 26.9 Å². The summed E-state index contributed by atoms with van der Waals surface area (Å²) in [6.45, 7) is 5.66. The third-order valence-corrected chi connectivity index (χ3v) is 2.79.